The summed E-state index contributed by atoms with van der Waals surface area (Å²) >= 11 is 0. The highest BCUT2D eigenvalue weighted by Gasteiger charge is 2.22. The van der Waals surface area contributed by atoms with Crippen molar-refractivity contribution in [2.75, 3.05) is 6.61 Å². The van der Waals surface area contributed by atoms with Gasteiger partial charge in [-0.25, -0.2) is 9.78 Å². The summed E-state index contributed by atoms with van der Waals surface area (Å²) in [5, 5.41) is 12.4. The quantitative estimate of drug-likeness (QED) is 0.166. The second-order valence-electron chi connectivity index (χ2n) is 11.7. The topological polar surface area (TPSA) is 93.5 Å². The predicted molar refractivity (Wildman–Crippen MR) is 166 cm³/mol. The first kappa shape index (κ1) is 30.6. The number of carbonyl (C=O) groups excluding carboxylic acids is 1. The molecule has 0 unspecified atom stereocenters. The lowest BCUT2D eigenvalue weighted by atomic mass is 9.86. The van der Waals surface area contributed by atoms with Gasteiger partial charge in [0.05, 0.1) is 18.6 Å². The molecule has 0 saturated heterocycles. The van der Waals surface area contributed by atoms with Crippen molar-refractivity contribution in [3.05, 3.63) is 102 Å². The number of amides is 1. The molecule has 220 valence electrons. The predicted octanol–water partition coefficient (Wildman–Crippen LogP) is 7.22. The number of carboxylic acids is 1. The average Bonchev–Trinajstić information content (AvgIpc) is 3.47. The Balaban J connectivity index is 1.35. The van der Waals surface area contributed by atoms with Gasteiger partial charge in [-0.1, -0.05) is 83.4 Å². The highest BCUT2D eigenvalue weighted by molar-refractivity contribution is 5.96. The van der Waals surface area contributed by atoms with Crippen LogP contribution in [-0.2, 0) is 16.6 Å². The molecule has 2 N–H and O–H groups in total. The minimum Gasteiger partial charge on any atom is -0.494 e. The Morgan fingerprint density at radius 3 is 2.24 bits per heavy atom. The number of nitrogens with zero attached hydrogens (tertiary/aromatic N) is 2. The van der Waals surface area contributed by atoms with E-state index in [4.69, 9.17) is 4.74 Å². The molecule has 4 rings (SSSR count). The van der Waals surface area contributed by atoms with Crippen molar-refractivity contribution in [2.24, 2.45) is 0 Å². The summed E-state index contributed by atoms with van der Waals surface area (Å²) in [6.07, 6.45) is 8.61. The molecule has 0 fully saturated rings. The molecule has 1 heterocycles. The molecule has 0 aliphatic heterocycles. The largest absolute Gasteiger partial charge is 0.494 e. The average molecular weight is 568 g/mol. The maximum atomic E-state index is 12.8. The van der Waals surface area contributed by atoms with E-state index >= 15 is 0 Å². The smallest absolute Gasteiger partial charge is 0.326 e. The monoisotopic (exact) mass is 567 g/mol. The number of nitrogens with one attached hydrogen (secondary N) is 1. The minimum absolute atomic E-state index is 0.0308. The zero-order chi connectivity index (χ0) is 30.1. The van der Waals surface area contributed by atoms with Crippen LogP contribution in [-0.4, -0.2) is 39.2 Å². The van der Waals surface area contributed by atoms with E-state index in [0.29, 0.717) is 5.56 Å². The van der Waals surface area contributed by atoms with Gasteiger partial charge in [0.1, 0.15) is 11.8 Å². The molecule has 3 aromatic carbocycles. The normalized spacial score (nSPS) is 12.1. The highest BCUT2D eigenvalue weighted by Crippen LogP contribution is 2.23. The third kappa shape index (κ3) is 8.32. The van der Waals surface area contributed by atoms with E-state index in [1.165, 1.54) is 19.3 Å². The molecule has 0 aliphatic carbocycles. The molecule has 0 saturated carbocycles. The van der Waals surface area contributed by atoms with Crippen LogP contribution in [0.4, 0.5) is 0 Å². The number of carboxylic acid groups (broad SMARTS) is 1. The van der Waals surface area contributed by atoms with Gasteiger partial charge in [-0.2, -0.15) is 0 Å². The van der Waals surface area contributed by atoms with E-state index in [1.54, 1.807) is 18.5 Å². The zero-order valence-electron chi connectivity index (χ0n) is 25.0. The maximum absolute atomic E-state index is 12.8. The maximum Gasteiger partial charge on any atom is 0.326 e. The summed E-state index contributed by atoms with van der Waals surface area (Å²) < 4.78 is 7.80. The number of aliphatic carboxylic acids is 1. The minimum atomic E-state index is -1.08. The van der Waals surface area contributed by atoms with Crippen LogP contribution in [0.5, 0.6) is 5.75 Å². The molecule has 7 heteroatoms. The van der Waals surface area contributed by atoms with Crippen LogP contribution in [0.15, 0.2) is 85.3 Å². The third-order valence-electron chi connectivity index (χ3n) is 7.29. The molecule has 1 aromatic heterocycles. The number of hydrogen-bond donors (Lipinski definition) is 2. The van der Waals surface area contributed by atoms with Gasteiger partial charge in [-0.05, 0) is 59.4 Å². The standard InChI is InChI=1S/C35H41N3O4/c1-5-6-7-8-21-42-30-19-17-29(18-20-30)38-23-32(36-24-38)26-11-9-25(10-12-26)22-31(34(40)41)37-33(39)27-13-15-28(16-14-27)35(2,3)4/h9-20,23-24,31H,5-8,21-22H2,1-4H3,(H,37,39)(H,40,41)/t31-/m0/s1. The van der Waals surface area contributed by atoms with Gasteiger partial charge in [0.15, 0.2) is 0 Å². The van der Waals surface area contributed by atoms with Crippen LogP contribution in [0.3, 0.4) is 0 Å². The summed E-state index contributed by atoms with van der Waals surface area (Å²) in [5.41, 5.74) is 5.02. The van der Waals surface area contributed by atoms with Crippen LogP contribution < -0.4 is 10.1 Å². The van der Waals surface area contributed by atoms with E-state index in [1.807, 2.05) is 71.4 Å². The molecule has 4 aromatic rings. The molecular weight excluding hydrogens is 526 g/mol. The zero-order valence-corrected chi connectivity index (χ0v) is 25.0. The number of rotatable bonds is 13. The summed E-state index contributed by atoms with van der Waals surface area (Å²) in [6.45, 7) is 9.24. The molecule has 1 amide bonds. The van der Waals surface area contributed by atoms with Gasteiger partial charge in [-0.15, -0.1) is 0 Å². The van der Waals surface area contributed by atoms with E-state index in [2.05, 4.69) is 38.0 Å². The Labute approximate surface area is 248 Å². The Kier molecular flexibility index (Phi) is 10.2. The fourth-order valence-electron chi connectivity index (χ4n) is 4.66. The molecule has 0 bridgehead atoms. The number of carbonyl (C=O) groups is 2. The molecule has 7 nitrogen and oxygen atoms in total. The lowest BCUT2D eigenvalue weighted by Gasteiger charge is -2.19. The van der Waals surface area contributed by atoms with Crippen molar-refractivity contribution < 1.29 is 19.4 Å². The number of hydrogen-bond acceptors (Lipinski definition) is 4. The Bertz CT molecular complexity index is 1450. The number of ether oxygens (including phenoxy) is 1. The lowest BCUT2D eigenvalue weighted by molar-refractivity contribution is -0.139. The Hall–Kier alpha value is -4.39. The van der Waals surface area contributed by atoms with Crippen LogP contribution in [0, 0.1) is 0 Å². The van der Waals surface area contributed by atoms with Crippen molar-refractivity contribution >= 4 is 11.9 Å². The van der Waals surface area contributed by atoms with Crippen LogP contribution >= 0.6 is 0 Å². The van der Waals surface area contributed by atoms with Gasteiger partial charge in [0.25, 0.3) is 5.91 Å². The number of benzene rings is 3. The molecule has 42 heavy (non-hydrogen) atoms. The van der Waals surface area contributed by atoms with Crippen molar-refractivity contribution in [3.8, 4) is 22.7 Å². The molecule has 0 radical (unpaired) electrons. The first-order valence-corrected chi connectivity index (χ1v) is 14.6. The lowest BCUT2D eigenvalue weighted by Crippen LogP contribution is -2.42. The van der Waals surface area contributed by atoms with E-state index < -0.39 is 17.9 Å². The Morgan fingerprint density at radius 2 is 1.62 bits per heavy atom. The molecular formula is C35H41N3O4. The van der Waals surface area contributed by atoms with Gasteiger partial charge in [0, 0.05) is 29.4 Å². The molecule has 0 aliphatic rings. The van der Waals surface area contributed by atoms with Crippen LogP contribution in [0.2, 0.25) is 0 Å². The second kappa shape index (κ2) is 14.0. The fraction of sp³-hybridized carbons (Fsp3) is 0.343. The van der Waals surface area contributed by atoms with Gasteiger partial charge in [0.2, 0.25) is 0 Å². The molecule has 1 atom stereocenters. The van der Waals surface area contributed by atoms with Gasteiger partial charge >= 0.3 is 5.97 Å². The van der Waals surface area contributed by atoms with Gasteiger partial charge in [-0.3, -0.25) is 4.79 Å². The van der Waals surface area contributed by atoms with Crippen molar-refractivity contribution in [1.82, 2.24) is 14.9 Å². The third-order valence-corrected chi connectivity index (χ3v) is 7.29. The fourth-order valence-corrected chi connectivity index (χ4v) is 4.66. The van der Waals surface area contributed by atoms with E-state index in [-0.39, 0.29) is 11.8 Å². The number of unbranched alkanes of at least 4 members (excludes halogenated alkanes) is 3. The van der Waals surface area contributed by atoms with Crippen LogP contribution in [0.1, 0.15) is 74.9 Å². The first-order chi connectivity index (χ1) is 20.1. The summed E-state index contributed by atoms with van der Waals surface area (Å²) in [5.74, 6) is -0.623. The highest BCUT2D eigenvalue weighted by atomic mass is 16.5. The summed E-state index contributed by atoms with van der Waals surface area (Å²) in [6, 6.07) is 21.8. The van der Waals surface area contributed by atoms with E-state index in [9.17, 15) is 14.7 Å². The van der Waals surface area contributed by atoms with E-state index in [0.717, 1.165) is 46.8 Å². The Morgan fingerprint density at radius 1 is 0.929 bits per heavy atom. The van der Waals surface area contributed by atoms with Crippen molar-refractivity contribution in [1.29, 1.82) is 0 Å². The SMILES string of the molecule is CCCCCCOc1ccc(-n2cnc(-c3ccc(C[C@H](NC(=O)c4ccc(C(C)(C)C)cc4)C(=O)O)cc3)c2)cc1. The summed E-state index contributed by atoms with van der Waals surface area (Å²) in [4.78, 5) is 29.3. The van der Waals surface area contributed by atoms with Crippen LogP contribution in [0.25, 0.3) is 16.9 Å². The van der Waals surface area contributed by atoms with Crippen molar-refractivity contribution in [2.45, 2.75) is 71.3 Å². The molecule has 0 spiro atoms. The summed E-state index contributed by atoms with van der Waals surface area (Å²) in [7, 11) is 0. The number of imidazole rings is 1. The van der Waals surface area contributed by atoms with Gasteiger partial charge < -0.3 is 19.7 Å². The second-order valence-corrected chi connectivity index (χ2v) is 11.7. The first-order valence-electron chi connectivity index (χ1n) is 14.6. The van der Waals surface area contributed by atoms with Crippen molar-refractivity contribution in [3.63, 3.8) is 0 Å². The number of aromatic nitrogens is 2.